The lowest BCUT2D eigenvalue weighted by Crippen LogP contribution is -2.46. The van der Waals surface area contributed by atoms with Gasteiger partial charge >= 0.3 is 0 Å². The molecule has 0 unspecified atom stereocenters. The lowest BCUT2D eigenvalue weighted by atomic mass is 10.2. The van der Waals surface area contributed by atoms with E-state index in [2.05, 4.69) is 40.1 Å². The number of piperazine rings is 1. The van der Waals surface area contributed by atoms with Crippen molar-refractivity contribution < 1.29 is 0 Å². The molecule has 1 aliphatic rings. The van der Waals surface area contributed by atoms with Gasteiger partial charge in [-0.1, -0.05) is 54.0 Å². The largest absolute Gasteiger partial charge is 0.297 e. The van der Waals surface area contributed by atoms with E-state index in [9.17, 15) is 4.79 Å². The maximum absolute atomic E-state index is 12.4. The lowest BCUT2D eigenvalue weighted by molar-refractivity contribution is 0.105. The fourth-order valence-electron chi connectivity index (χ4n) is 3.22. The summed E-state index contributed by atoms with van der Waals surface area (Å²) in [5, 5.41) is 0.838. The predicted octanol–water partition coefficient (Wildman–Crippen LogP) is 2.84. The molecular formula is C19H21N3OS. The smallest absolute Gasteiger partial charge is 0.269 e. The van der Waals surface area contributed by atoms with Gasteiger partial charge in [0.05, 0.1) is 16.8 Å². The van der Waals surface area contributed by atoms with Crippen LogP contribution >= 0.6 is 11.5 Å². The van der Waals surface area contributed by atoms with E-state index >= 15 is 0 Å². The molecule has 24 heavy (non-hydrogen) atoms. The summed E-state index contributed by atoms with van der Waals surface area (Å²) in [7, 11) is 0. The van der Waals surface area contributed by atoms with Crippen LogP contribution in [0, 0.1) is 0 Å². The van der Waals surface area contributed by atoms with Crippen LogP contribution in [0.5, 0.6) is 0 Å². The Morgan fingerprint density at radius 2 is 1.50 bits per heavy atom. The standard InChI is InChI=1S/C19H21N3OS/c23-19-17-8-4-5-9-18(17)24-22(19)15-21-12-10-20(11-13-21)14-16-6-2-1-3-7-16/h1-9H,10-15H2. The van der Waals surface area contributed by atoms with E-state index in [0.717, 1.165) is 42.8 Å². The molecule has 0 bridgehead atoms. The van der Waals surface area contributed by atoms with Gasteiger partial charge in [-0.15, -0.1) is 0 Å². The summed E-state index contributed by atoms with van der Waals surface area (Å²) < 4.78 is 2.96. The minimum Gasteiger partial charge on any atom is -0.297 e. The van der Waals surface area contributed by atoms with Crippen LogP contribution in [-0.4, -0.2) is 39.9 Å². The van der Waals surface area contributed by atoms with Crippen LogP contribution in [0.25, 0.3) is 10.1 Å². The molecule has 2 heterocycles. The molecule has 2 aromatic carbocycles. The Hall–Kier alpha value is -1.95. The molecular weight excluding hydrogens is 318 g/mol. The summed E-state index contributed by atoms with van der Waals surface area (Å²) in [6, 6.07) is 18.5. The average Bonchev–Trinajstić information content (AvgIpc) is 2.94. The summed E-state index contributed by atoms with van der Waals surface area (Å²) in [4.78, 5) is 17.3. The van der Waals surface area contributed by atoms with Gasteiger partial charge in [-0.3, -0.25) is 14.6 Å². The van der Waals surface area contributed by atoms with Gasteiger partial charge in [-0.25, -0.2) is 3.96 Å². The van der Waals surface area contributed by atoms with Crippen molar-refractivity contribution >= 4 is 21.6 Å². The summed E-state index contributed by atoms with van der Waals surface area (Å²) in [5.41, 5.74) is 1.51. The van der Waals surface area contributed by atoms with Crippen LogP contribution in [-0.2, 0) is 13.2 Å². The van der Waals surface area contributed by atoms with Gasteiger partial charge in [0.25, 0.3) is 5.56 Å². The molecule has 0 atom stereocenters. The van der Waals surface area contributed by atoms with Gasteiger partial charge in [-0.2, -0.15) is 0 Å². The molecule has 1 fully saturated rings. The summed E-state index contributed by atoms with van der Waals surface area (Å²) in [5.74, 6) is 0. The Morgan fingerprint density at radius 1 is 0.833 bits per heavy atom. The van der Waals surface area contributed by atoms with E-state index in [1.54, 1.807) is 11.5 Å². The third-order valence-corrected chi connectivity index (χ3v) is 5.65. The molecule has 1 saturated heterocycles. The van der Waals surface area contributed by atoms with Gasteiger partial charge < -0.3 is 0 Å². The normalized spacial score (nSPS) is 16.7. The van der Waals surface area contributed by atoms with Crippen molar-refractivity contribution in [1.82, 2.24) is 13.8 Å². The van der Waals surface area contributed by atoms with Gasteiger partial charge in [0.15, 0.2) is 0 Å². The lowest BCUT2D eigenvalue weighted by Gasteiger charge is -2.34. The number of aromatic nitrogens is 1. The summed E-state index contributed by atoms with van der Waals surface area (Å²) in [6.07, 6.45) is 0. The SMILES string of the molecule is O=c1c2ccccc2sn1CN1CCN(Cc2ccccc2)CC1. The molecule has 4 nitrogen and oxygen atoms in total. The topological polar surface area (TPSA) is 28.5 Å². The second-order valence-corrected chi connectivity index (χ2v) is 7.36. The molecule has 0 spiro atoms. The van der Waals surface area contributed by atoms with Crippen molar-refractivity contribution in [1.29, 1.82) is 0 Å². The Morgan fingerprint density at radius 3 is 2.25 bits per heavy atom. The van der Waals surface area contributed by atoms with E-state index in [-0.39, 0.29) is 5.56 Å². The van der Waals surface area contributed by atoms with Crippen LogP contribution < -0.4 is 5.56 Å². The van der Waals surface area contributed by atoms with Gasteiger partial charge in [0.2, 0.25) is 0 Å². The van der Waals surface area contributed by atoms with Gasteiger partial charge in [-0.05, 0) is 17.7 Å². The molecule has 0 saturated carbocycles. The summed E-state index contributed by atoms with van der Waals surface area (Å²) in [6.45, 7) is 5.83. The minimum absolute atomic E-state index is 0.141. The number of rotatable bonds is 4. The number of hydrogen-bond donors (Lipinski definition) is 0. The zero-order valence-electron chi connectivity index (χ0n) is 13.6. The second kappa shape index (κ2) is 6.89. The first-order chi connectivity index (χ1) is 11.8. The van der Waals surface area contributed by atoms with Crippen molar-refractivity contribution in [2.75, 3.05) is 26.2 Å². The van der Waals surface area contributed by atoms with Crippen molar-refractivity contribution in [3.8, 4) is 0 Å². The molecule has 5 heteroatoms. The first kappa shape index (κ1) is 15.6. The zero-order chi connectivity index (χ0) is 16.4. The highest BCUT2D eigenvalue weighted by Gasteiger charge is 2.18. The number of fused-ring (bicyclic) bond motifs is 1. The first-order valence-electron chi connectivity index (χ1n) is 8.37. The molecule has 1 aliphatic heterocycles. The first-order valence-corrected chi connectivity index (χ1v) is 9.14. The number of benzene rings is 2. The zero-order valence-corrected chi connectivity index (χ0v) is 14.4. The van der Waals surface area contributed by atoms with Crippen molar-refractivity contribution in [3.05, 3.63) is 70.5 Å². The Labute approximate surface area is 145 Å². The molecule has 0 radical (unpaired) electrons. The van der Waals surface area contributed by atoms with E-state index in [0.29, 0.717) is 6.67 Å². The highest BCUT2D eigenvalue weighted by molar-refractivity contribution is 7.13. The second-order valence-electron chi connectivity index (χ2n) is 6.29. The molecule has 1 aromatic heterocycles. The Kier molecular flexibility index (Phi) is 4.47. The van der Waals surface area contributed by atoms with Crippen molar-refractivity contribution in [2.24, 2.45) is 0 Å². The highest BCUT2D eigenvalue weighted by atomic mass is 32.1. The average molecular weight is 339 g/mol. The van der Waals surface area contributed by atoms with Crippen LogP contribution in [0.4, 0.5) is 0 Å². The predicted molar refractivity (Wildman–Crippen MR) is 99.4 cm³/mol. The maximum atomic E-state index is 12.4. The molecule has 3 aromatic rings. The van der Waals surface area contributed by atoms with Crippen LogP contribution in [0.1, 0.15) is 5.56 Å². The quantitative estimate of drug-likeness (QED) is 0.732. The van der Waals surface area contributed by atoms with Gasteiger partial charge in [0, 0.05) is 32.7 Å². The van der Waals surface area contributed by atoms with Gasteiger partial charge in [0.1, 0.15) is 0 Å². The van der Waals surface area contributed by atoms with Crippen molar-refractivity contribution in [3.63, 3.8) is 0 Å². The molecule has 0 aliphatic carbocycles. The minimum atomic E-state index is 0.141. The third-order valence-electron chi connectivity index (χ3n) is 4.59. The third kappa shape index (κ3) is 3.29. The fourth-order valence-corrected chi connectivity index (χ4v) is 4.26. The molecule has 0 N–H and O–H groups in total. The summed E-state index contributed by atoms with van der Waals surface area (Å²) >= 11 is 1.57. The van der Waals surface area contributed by atoms with E-state index < -0.39 is 0 Å². The van der Waals surface area contributed by atoms with E-state index in [1.165, 1.54) is 5.56 Å². The van der Waals surface area contributed by atoms with Crippen LogP contribution in [0.2, 0.25) is 0 Å². The fraction of sp³-hybridized carbons (Fsp3) is 0.316. The van der Waals surface area contributed by atoms with E-state index in [4.69, 9.17) is 0 Å². The highest BCUT2D eigenvalue weighted by Crippen LogP contribution is 2.17. The maximum Gasteiger partial charge on any atom is 0.269 e. The van der Waals surface area contributed by atoms with Crippen LogP contribution in [0.15, 0.2) is 59.4 Å². The molecule has 4 rings (SSSR count). The van der Waals surface area contributed by atoms with E-state index in [1.807, 2.05) is 28.2 Å². The number of hydrogen-bond acceptors (Lipinski definition) is 4. The molecule has 0 amide bonds. The Bertz CT molecular complexity index is 863. The Balaban J connectivity index is 1.37. The number of nitrogens with zero attached hydrogens (tertiary/aromatic N) is 3. The molecule has 124 valence electrons. The monoisotopic (exact) mass is 339 g/mol. The van der Waals surface area contributed by atoms with Crippen molar-refractivity contribution in [2.45, 2.75) is 13.2 Å². The van der Waals surface area contributed by atoms with Crippen LogP contribution in [0.3, 0.4) is 0 Å².